The lowest BCUT2D eigenvalue weighted by Gasteiger charge is -2.14. The molecule has 1 heterocycles. The number of nitrogens with one attached hydrogen (secondary N) is 2. The number of alkyl halides is 3. The van der Waals surface area contributed by atoms with Gasteiger partial charge in [-0.05, 0) is 37.3 Å². The average Bonchev–Trinajstić information content (AvgIpc) is 3.03. The summed E-state index contributed by atoms with van der Waals surface area (Å²) in [6.45, 7) is 0.213. The van der Waals surface area contributed by atoms with Gasteiger partial charge in [0.05, 0.1) is 6.42 Å². The second-order valence-electron chi connectivity index (χ2n) is 5.74. The molecule has 0 aromatic carbocycles. The first-order valence-corrected chi connectivity index (χ1v) is 8.09. The van der Waals surface area contributed by atoms with Crippen LogP contribution in [0.2, 0.25) is 0 Å². The summed E-state index contributed by atoms with van der Waals surface area (Å²) in [4.78, 5) is 8.11. The summed E-state index contributed by atoms with van der Waals surface area (Å²) in [5, 5.41) is 5.62. The number of hydrogen-bond donors (Lipinski definition) is 2. The van der Waals surface area contributed by atoms with E-state index >= 15 is 0 Å². The highest BCUT2D eigenvalue weighted by Gasteiger charge is 2.26. The average molecular weight is 472 g/mol. The van der Waals surface area contributed by atoms with E-state index in [2.05, 4.69) is 20.6 Å². The van der Waals surface area contributed by atoms with Crippen molar-refractivity contribution in [2.24, 2.45) is 4.99 Å². The molecular formula is C16H24F3IN4O. The van der Waals surface area contributed by atoms with E-state index in [0.717, 1.165) is 18.4 Å². The fourth-order valence-corrected chi connectivity index (χ4v) is 2.53. The van der Waals surface area contributed by atoms with Gasteiger partial charge in [-0.15, -0.1) is 24.0 Å². The molecule has 0 unspecified atom stereocenters. The van der Waals surface area contributed by atoms with Crippen LogP contribution in [0.3, 0.4) is 0 Å². The van der Waals surface area contributed by atoms with E-state index in [-0.39, 0.29) is 36.6 Å². The molecule has 5 nitrogen and oxygen atoms in total. The highest BCUT2D eigenvalue weighted by Crippen LogP contribution is 2.23. The van der Waals surface area contributed by atoms with E-state index in [9.17, 15) is 13.2 Å². The summed E-state index contributed by atoms with van der Waals surface area (Å²) in [7, 11) is 1.52. The maximum Gasteiger partial charge on any atom is 0.390 e. The van der Waals surface area contributed by atoms with Crippen LogP contribution in [-0.2, 0) is 6.54 Å². The van der Waals surface area contributed by atoms with E-state index in [1.54, 1.807) is 6.20 Å². The zero-order valence-corrected chi connectivity index (χ0v) is 16.4. The second-order valence-corrected chi connectivity index (χ2v) is 5.74. The van der Waals surface area contributed by atoms with E-state index in [0.29, 0.717) is 18.4 Å². The van der Waals surface area contributed by atoms with Gasteiger partial charge in [-0.1, -0.05) is 0 Å². The number of guanidine groups is 1. The minimum absolute atomic E-state index is 0. The quantitative estimate of drug-likeness (QED) is 0.377. The number of ether oxygens (including phenoxy) is 1. The fourth-order valence-electron chi connectivity index (χ4n) is 2.53. The van der Waals surface area contributed by atoms with E-state index in [1.165, 1.54) is 19.9 Å². The van der Waals surface area contributed by atoms with Crippen molar-refractivity contribution in [2.75, 3.05) is 13.6 Å². The number of aromatic nitrogens is 1. The molecule has 0 radical (unpaired) electrons. The Labute approximate surface area is 162 Å². The van der Waals surface area contributed by atoms with Gasteiger partial charge in [0.25, 0.3) is 0 Å². The molecule has 9 heteroatoms. The predicted octanol–water partition coefficient (Wildman–Crippen LogP) is 3.64. The van der Waals surface area contributed by atoms with Crippen molar-refractivity contribution >= 4 is 29.9 Å². The first-order valence-electron chi connectivity index (χ1n) is 8.09. The first kappa shape index (κ1) is 21.8. The van der Waals surface area contributed by atoms with Gasteiger partial charge in [0, 0.05) is 32.4 Å². The molecule has 142 valence electrons. The third-order valence-corrected chi connectivity index (χ3v) is 3.77. The Bertz CT molecular complexity index is 548. The molecule has 1 aromatic rings. The lowest BCUT2D eigenvalue weighted by Crippen LogP contribution is -2.38. The SMILES string of the molecule is CN=C(NCCC(F)(F)F)NCc1ccnc(OC2CCCC2)c1.I. The molecule has 0 spiro atoms. The molecule has 1 aromatic heterocycles. The third kappa shape index (κ3) is 8.59. The van der Waals surface area contributed by atoms with Crippen LogP contribution >= 0.6 is 24.0 Å². The summed E-state index contributed by atoms with van der Waals surface area (Å²) >= 11 is 0. The Hall–Kier alpha value is -1.26. The van der Waals surface area contributed by atoms with Crippen molar-refractivity contribution in [1.29, 1.82) is 0 Å². The van der Waals surface area contributed by atoms with Crippen molar-refractivity contribution in [3.63, 3.8) is 0 Å². The standard InChI is InChI=1S/C16H23F3N4O.HI/c1-20-15(22-9-7-16(17,18)19)23-11-12-6-8-21-14(10-12)24-13-4-2-3-5-13;/h6,8,10,13H,2-5,7,9,11H2,1H3,(H2,20,22,23);1H. The molecule has 0 amide bonds. The van der Waals surface area contributed by atoms with E-state index < -0.39 is 12.6 Å². The number of aliphatic imine (C=N–C) groups is 1. The van der Waals surface area contributed by atoms with Gasteiger partial charge in [-0.25, -0.2) is 4.98 Å². The molecule has 1 fully saturated rings. The van der Waals surface area contributed by atoms with E-state index in [4.69, 9.17) is 4.74 Å². The molecular weight excluding hydrogens is 448 g/mol. The maximum absolute atomic E-state index is 12.2. The van der Waals surface area contributed by atoms with Crippen LogP contribution in [0.4, 0.5) is 13.2 Å². The van der Waals surface area contributed by atoms with Crippen molar-refractivity contribution in [1.82, 2.24) is 15.6 Å². The molecule has 2 rings (SSSR count). The number of pyridine rings is 1. The van der Waals surface area contributed by atoms with Crippen LogP contribution in [0.1, 0.15) is 37.7 Å². The molecule has 0 atom stereocenters. The minimum Gasteiger partial charge on any atom is -0.474 e. The van der Waals surface area contributed by atoms with E-state index in [1.807, 2.05) is 12.1 Å². The van der Waals surface area contributed by atoms with Crippen molar-refractivity contribution < 1.29 is 17.9 Å². The normalized spacial score (nSPS) is 15.6. The Morgan fingerprint density at radius 1 is 1.32 bits per heavy atom. The molecule has 0 bridgehead atoms. The molecule has 25 heavy (non-hydrogen) atoms. The van der Waals surface area contributed by atoms with Crippen LogP contribution in [0, 0.1) is 0 Å². The monoisotopic (exact) mass is 472 g/mol. The topological polar surface area (TPSA) is 58.5 Å². The van der Waals surface area contributed by atoms with Crippen molar-refractivity contribution in [3.05, 3.63) is 23.9 Å². The summed E-state index contributed by atoms with van der Waals surface area (Å²) in [6.07, 6.45) is 1.31. The second kappa shape index (κ2) is 10.7. The number of nitrogens with zero attached hydrogens (tertiary/aromatic N) is 2. The van der Waals surface area contributed by atoms with Crippen LogP contribution in [-0.4, -0.2) is 36.8 Å². The minimum atomic E-state index is -4.18. The molecule has 1 aliphatic carbocycles. The zero-order valence-electron chi connectivity index (χ0n) is 14.1. The van der Waals surface area contributed by atoms with Gasteiger partial charge in [0.15, 0.2) is 5.96 Å². The van der Waals surface area contributed by atoms with Crippen LogP contribution in [0.15, 0.2) is 23.3 Å². The predicted molar refractivity (Wildman–Crippen MR) is 101 cm³/mol. The molecule has 2 N–H and O–H groups in total. The van der Waals surface area contributed by atoms with Crippen LogP contribution in [0.25, 0.3) is 0 Å². The van der Waals surface area contributed by atoms with Gasteiger partial charge in [-0.2, -0.15) is 13.2 Å². The van der Waals surface area contributed by atoms with Crippen molar-refractivity contribution in [3.8, 4) is 5.88 Å². The number of hydrogen-bond acceptors (Lipinski definition) is 3. The van der Waals surface area contributed by atoms with Gasteiger partial charge in [-0.3, -0.25) is 4.99 Å². The van der Waals surface area contributed by atoms with Gasteiger partial charge >= 0.3 is 6.18 Å². The largest absolute Gasteiger partial charge is 0.474 e. The lowest BCUT2D eigenvalue weighted by molar-refractivity contribution is -0.132. The maximum atomic E-state index is 12.2. The Morgan fingerprint density at radius 2 is 2.04 bits per heavy atom. The summed E-state index contributed by atoms with van der Waals surface area (Å²) in [5.74, 6) is 0.913. The van der Waals surface area contributed by atoms with Crippen molar-refractivity contribution in [2.45, 2.75) is 50.9 Å². The number of rotatable bonds is 6. The third-order valence-electron chi connectivity index (χ3n) is 3.77. The highest BCUT2D eigenvalue weighted by molar-refractivity contribution is 14.0. The first-order chi connectivity index (χ1) is 11.5. The molecule has 0 aliphatic heterocycles. The summed E-state index contributed by atoms with van der Waals surface area (Å²) in [5.41, 5.74) is 0.928. The number of halogens is 4. The van der Waals surface area contributed by atoms with Gasteiger partial charge in [0.1, 0.15) is 6.10 Å². The summed E-state index contributed by atoms with van der Waals surface area (Å²) < 4.78 is 42.3. The van der Waals surface area contributed by atoms with Crippen LogP contribution in [0.5, 0.6) is 5.88 Å². The zero-order chi connectivity index (χ0) is 17.4. The smallest absolute Gasteiger partial charge is 0.390 e. The Kier molecular flexibility index (Phi) is 9.30. The molecule has 0 saturated heterocycles. The highest BCUT2D eigenvalue weighted by atomic mass is 127. The molecule has 1 aliphatic rings. The van der Waals surface area contributed by atoms with Crippen LogP contribution < -0.4 is 15.4 Å². The Morgan fingerprint density at radius 3 is 2.68 bits per heavy atom. The molecule has 1 saturated carbocycles. The fraction of sp³-hybridized carbons (Fsp3) is 0.625. The lowest BCUT2D eigenvalue weighted by atomic mass is 10.2. The van der Waals surface area contributed by atoms with Gasteiger partial charge < -0.3 is 15.4 Å². The van der Waals surface area contributed by atoms with Gasteiger partial charge in [0.2, 0.25) is 5.88 Å². The Balaban J connectivity index is 0.00000312. The summed E-state index contributed by atoms with van der Waals surface area (Å²) in [6, 6.07) is 3.67.